The molecule has 0 aliphatic carbocycles. The van der Waals surface area contributed by atoms with Crippen LogP contribution in [-0.2, 0) is 13.1 Å². The maximum atomic E-state index is 12.5. The Labute approximate surface area is 156 Å². The number of hydrogen-bond donors (Lipinski definition) is 3. The van der Waals surface area contributed by atoms with E-state index in [1.54, 1.807) is 36.4 Å². The summed E-state index contributed by atoms with van der Waals surface area (Å²) in [4.78, 5) is 4.44. The molecule has 6 nitrogen and oxygen atoms in total. The third kappa shape index (κ3) is 6.32. The standard InChI is InChI=1S/C19H23F2N3O3/c1-3-22-19(23-11-13-8-9-17(26-2)15(25)10-13)24-12-14-6-4-5-7-16(14)27-18(20)21/h4-10,18,25H,3,11-12H2,1-2H3,(H2,22,23,24). The summed E-state index contributed by atoms with van der Waals surface area (Å²) in [5.41, 5.74) is 1.39. The van der Waals surface area contributed by atoms with Crippen molar-refractivity contribution in [3.63, 3.8) is 0 Å². The lowest BCUT2D eigenvalue weighted by Crippen LogP contribution is -2.36. The van der Waals surface area contributed by atoms with Crippen LogP contribution in [0, 0.1) is 0 Å². The molecular formula is C19H23F2N3O3. The summed E-state index contributed by atoms with van der Waals surface area (Å²) in [6.45, 7) is 0.264. The van der Waals surface area contributed by atoms with E-state index in [-0.39, 0.29) is 18.0 Å². The number of halogens is 2. The minimum Gasteiger partial charge on any atom is -0.504 e. The second-order valence-corrected chi connectivity index (χ2v) is 5.54. The Morgan fingerprint density at radius 2 is 1.93 bits per heavy atom. The SMILES string of the molecule is CCNC(=NCc1ccc(OC)c(O)c1)NCc1ccccc1OC(F)F. The van der Waals surface area contributed by atoms with Crippen LogP contribution in [0.1, 0.15) is 18.1 Å². The Morgan fingerprint density at radius 1 is 1.15 bits per heavy atom. The van der Waals surface area contributed by atoms with Crippen molar-refractivity contribution in [3.8, 4) is 17.2 Å². The van der Waals surface area contributed by atoms with E-state index in [9.17, 15) is 13.9 Å². The minimum absolute atomic E-state index is 0.0428. The summed E-state index contributed by atoms with van der Waals surface area (Å²) < 4.78 is 34.6. The van der Waals surface area contributed by atoms with Gasteiger partial charge in [0.15, 0.2) is 17.5 Å². The van der Waals surface area contributed by atoms with Gasteiger partial charge in [0, 0.05) is 18.7 Å². The molecule has 3 N–H and O–H groups in total. The van der Waals surface area contributed by atoms with Crippen LogP contribution >= 0.6 is 0 Å². The Hall–Kier alpha value is -3.03. The molecule has 146 valence electrons. The van der Waals surface area contributed by atoms with Crippen LogP contribution in [-0.4, -0.2) is 31.3 Å². The highest BCUT2D eigenvalue weighted by molar-refractivity contribution is 5.79. The molecule has 0 aliphatic rings. The molecule has 0 amide bonds. The van der Waals surface area contributed by atoms with Crippen molar-refractivity contribution in [1.82, 2.24) is 10.6 Å². The number of nitrogens with zero attached hydrogens (tertiary/aromatic N) is 1. The van der Waals surface area contributed by atoms with Gasteiger partial charge in [-0.25, -0.2) is 4.99 Å². The molecular weight excluding hydrogens is 356 g/mol. The zero-order valence-corrected chi connectivity index (χ0v) is 15.2. The lowest BCUT2D eigenvalue weighted by atomic mass is 10.2. The quantitative estimate of drug-likeness (QED) is 0.485. The largest absolute Gasteiger partial charge is 0.504 e. The molecule has 0 saturated heterocycles. The molecule has 0 radical (unpaired) electrons. The van der Waals surface area contributed by atoms with Gasteiger partial charge in [0.2, 0.25) is 0 Å². The van der Waals surface area contributed by atoms with Crippen molar-refractivity contribution < 1.29 is 23.4 Å². The lowest BCUT2D eigenvalue weighted by molar-refractivity contribution is -0.0504. The smallest absolute Gasteiger partial charge is 0.387 e. The van der Waals surface area contributed by atoms with Crippen molar-refractivity contribution in [2.45, 2.75) is 26.6 Å². The molecule has 0 saturated carbocycles. The Bertz CT molecular complexity index is 770. The number of phenols is 1. The van der Waals surface area contributed by atoms with Gasteiger partial charge in [0.25, 0.3) is 0 Å². The first kappa shape index (κ1) is 20.3. The molecule has 0 heterocycles. The number of methoxy groups -OCH3 is 1. The van der Waals surface area contributed by atoms with E-state index < -0.39 is 6.61 Å². The van der Waals surface area contributed by atoms with E-state index in [2.05, 4.69) is 20.4 Å². The van der Waals surface area contributed by atoms with Crippen molar-refractivity contribution >= 4 is 5.96 Å². The first-order chi connectivity index (χ1) is 13.0. The summed E-state index contributed by atoms with van der Waals surface area (Å²) >= 11 is 0. The fraction of sp³-hybridized carbons (Fsp3) is 0.316. The summed E-state index contributed by atoms with van der Waals surface area (Å²) in [5.74, 6) is 1.07. The number of phenolic OH excluding ortho intramolecular Hbond substituents is 1. The maximum Gasteiger partial charge on any atom is 0.387 e. The number of benzene rings is 2. The number of ether oxygens (including phenoxy) is 2. The van der Waals surface area contributed by atoms with Gasteiger partial charge < -0.3 is 25.2 Å². The highest BCUT2D eigenvalue weighted by Crippen LogP contribution is 2.26. The summed E-state index contributed by atoms with van der Waals surface area (Å²) in [5, 5.41) is 16.0. The molecule has 0 fully saturated rings. The molecule has 8 heteroatoms. The van der Waals surface area contributed by atoms with Gasteiger partial charge in [0.1, 0.15) is 5.75 Å². The van der Waals surface area contributed by atoms with Gasteiger partial charge >= 0.3 is 6.61 Å². The molecule has 2 aromatic carbocycles. The first-order valence-electron chi connectivity index (χ1n) is 8.44. The number of rotatable bonds is 8. The molecule has 0 aromatic heterocycles. The highest BCUT2D eigenvalue weighted by atomic mass is 19.3. The summed E-state index contributed by atoms with van der Waals surface area (Å²) in [6.07, 6.45) is 0. The summed E-state index contributed by atoms with van der Waals surface area (Å²) in [6, 6.07) is 11.6. The van der Waals surface area contributed by atoms with E-state index in [0.29, 0.717) is 30.4 Å². The number of hydrogen-bond acceptors (Lipinski definition) is 4. The van der Waals surface area contributed by atoms with Gasteiger partial charge in [-0.2, -0.15) is 8.78 Å². The maximum absolute atomic E-state index is 12.5. The van der Waals surface area contributed by atoms with Gasteiger partial charge in [0.05, 0.1) is 13.7 Å². The van der Waals surface area contributed by atoms with Gasteiger partial charge in [-0.1, -0.05) is 24.3 Å². The molecule has 2 rings (SSSR count). The monoisotopic (exact) mass is 379 g/mol. The van der Waals surface area contributed by atoms with E-state index in [1.807, 2.05) is 6.92 Å². The molecule has 0 spiro atoms. The first-order valence-corrected chi connectivity index (χ1v) is 8.44. The molecule has 27 heavy (non-hydrogen) atoms. The Morgan fingerprint density at radius 3 is 2.59 bits per heavy atom. The second kappa shape index (κ2) is 10.2. The number of nitrogens with one attached hydrogen (secondary N) is 2. The number of guanidine groups is 1. The molecule has 0 atom stereocenters. The van der Waals surface area contributed by atoms with Gasteiger partial charge in [-0.05, 0) is 30.7 Å². The summed E-state index contributed by atoms with van der Waals surface area (Å²) in [7, 11) is 1.48. The molecule has 2 aromatic rings. The molecule has 0 bridgehead atoms. The van der Waals surface area contributed by atoms with Crippen LogP contribution in [0.4, 0.5) is 8.78 Å². The number of aliphatic imine (C=N–C) groups is 1. The third-order valence-corrected chi connectivity index (χ3v) is 3.64. The van der Waals surface area contributed by atoms with Crippen LogP contribution in [0.25, 0.3) is 0 Å². The average Bonchev–Trinajstić information content (AvgIpc) is 2.64. The van der Waals surface area contributed by atoms with Crippen molar-refractivity contribution in [1.29, 1.82) is 0 Å². The highest BCUT2D eigenvalue weighted by Gasteiger charge is 2.09. The van der Waals surface area contributed by atoms with E-state index in [0.717, 1.165) is 5.56 Å². The zero-order valence-electron chi connectivity index (χ0n) is 15.2. The predicted molar refractivity (Wildman–Crippen MR) is 99.4 cm³/mol. The van der Waals surface area contributed by atoms with Crippen LogP contribution in [0.5, 0.6) is 17.2 Å². The minimum atomic E-state index is -2.88. The van der Waals surface area contributed by atoms with Crippen LogP contribution in [0.2, 0.25) is 0 Å². The average molecular weight is 379 g/mol. The lowest BCUT2D eigenvalue weighted by Gasteiger charge is -2.14. The van der Waals surface area contributed by atoms with Gasteiger partial charge in [-0.3, -0.25) is 0 Å². The Kier molecular flexibility index (Phi) is 7.66. The molecule has 0 aliphatic heterocycles. The van der Waals surface area contributed by atoms with Crippen molar-refractivity contribution in [3.05, 3.63) is 53.6 Å². The topological polar surface area (TPSA) is 75.1 Å². The number of para-hydroxylation sites is 1. The Balaban J connectivity index is 2.05. The fourth-order valence-electron chi connectivity index (χ4n) is 2.39. The number of alkyl halides is 2. The predicted octanol–water partition coefficient (Wildman–Crippen LogP) is 3.26. The van der Waals surface area contributed by atoms with E-state index >= 15 is 0 Å². The van der Waals surface area contributed by atoms with Crippen LogP contribution in [0.3, 0.4) is 0 Å². The van der Waals surface area contributed by atoms with Crippen molar-refractivity contribution in [2.75, 3.05) is 13.7 Å². The van der Waals surface area contributed by atoms with Crippen LogP contribution in [0.15, 0.2) is 47.5 Å². The molecule has 0 unspecified atom stereocenters. The fourth-order valence-corrected chi connectivity index (χ4v) is 2.39. The van der Waals surface area contributed by atoms with Gasteiger partial charge in [-0.15, -0.1) is 0 Å². The normalized spacial score (nSPS) is 11.4. The zero-order chi connectivity index (χ0) is 19.6. The van der Waals surface area contributed by atoms with E-state index in [1.165, 1.54) is 13.2 Å². The third-order valence-electron chi connectivity index (χ3n) is 3.64. The van der Waals surface area contributed by atoms with Crippen LogP contribution < -0.4 is 20.1 Å². The van der Waals surface area contributed by atoms with Crippen molar-refractivity contribution in [2.24, 2.45) is 4.99 Å². The second-order valence-electron chi connectivity index (χ2n) is 5.54. The number of aromatic hydroxyl groups is 1. The van der Waals surface area contributed by atoms with E-state index in [4.69, 9.17) is 4.74 Å².